The maximum absolute atomic E-state index is 11.2. The minimum atomic E-state index is -0.791. The van der Waals surface area contributed by atoms with Gasteiger partial charge in [0.2, 0.25) is 0 Å². The van der Waals surface area contributed by atoms with E-state index in [1.807, 2.05) is 21.1 Å². The quantitative estimate of drug-likeness (QED) is 0.465. The van der Waals surface area contributed by atoms with Gasteiger partial charge < -0.3 is 20.2 Å². The van der Waals surface area contributed by atoms with E-state index in [4.69, 9.17) is 12.2 Å². The van der Waals surface area contributed by atoms with E-state index in [1.165, 1.54) is 0 Å². The van der Waals surface area contributed by atoms with Crippen LogP contribution in [0.4, 0.5) is 0 Å². The van der Waals surface area contributed by atoms with Gasteiger partial charge >= 0.3 is 5.97 Å². The predicted molar refractivity (Wildman–Crippen MR) is 65.9 cm³/mol. The van der Waals surface area contributed by atoms with E-state index in [0.717, 1.165) is 5.70 Å². The Morgan fingerprint density at radius 2 is 2.31 bits per heavy atom. The number of likely N-dealkylation sites (N-methyl/N-ethyl adjacent to an activating group) is 1. The predicted octanol–water partition coefficient (Wildman–Crippen LogP) is -0.104. The van der Waals surface area contributed by atoms with Crippen molar-refractivity contribution in [3.05, 3.63) is 11.9 Å². The zero-order valence-electron chi connectivity index (χ0n) is 9.73. The molecule has 0 saturated carbocycles. The fraction of sp³-hybridized carbons (Fsp3) is 0.600. The van der Waals surface area contributed by atoms with Gasteiger partial charge in [0.25, 0.3) is 0 Å². The van der Waals surface area contributed by atoms with Crippen LogP contribution in [0, 0.1) is 0 Å². The van der Waals surface area contributed by atoms with Crippen molar-refractivity contribution in [3.63, 3.8) is 0 Å². The van der Waals surface area contributed by atoms with Gasteiger partial charge in [0.15, 0.2) is 6.04 Å². The van der Waals surface area contributed by atoms with Crippen LogP contribution in [0.25, 0.3) is 0 Å². The first-order valence-electron chi connectivity index (χ1n) is 5.05. The Morgan fingerprint density at radius 3 is 2.69 bits per heavy atom. The first-order valence-corrected chi connectivity index (χ1v) is 5.52. The average molecular weight is 244 g/mol. The first-order chi connectivity index (χ1) is 7.34. The molecule has 16 heavy (non-hydrogen) atoms. The van der Waals surface area contributed by atoms with Crippen molar-refractivity contribution >= 4 is 23.6 Å². The molecule has 1 heterocycles. The molecule has 3 N–H and O–H groups in total. The first kappa shape index (κ1) is 12.9. The van der Waals surface area contributed by atoms with Crippen molar-refractivity contribution in [2.24, 2.45) is 0 Å². The van der Waals surface area contributed by atoms with Crippen LogP contribution >= 0.6 is 12.2 Å². The molecular weight excluding hydrogens is 226 g/mol. The van der Waals surface area contributed by atoms with Crippen molar-refractivity contribution < 1.29 is 14.4 Å². The summed E-state index contributed by atoms with van der Waals surface area (Å²) in [6.45, 7) is 0. The molecule has 1 aliphatic heterocycles. The van der Waals surface area contributed by atoms with Crippen LogP contribution in [0.5, 0.6) is 0 Å². The van der Waals surface area contributed by atoms with Crippen molar-refractivity contribution in [3.8, 4) is 0 Å². The number of carboxylic acid groups (broad SMARTS) is 1. The van der Waals surface area contributed by atoms with Crippen molar-refractivity contribution in [1.82, 2.24) is 10.6 Å². The highest BCUT2D eigenvalue weighted by Gasteiger charge is 2.33. The molecule has 0 saturated heterocycles. The Balaban J connectivity index is 2.64. The largest absolute Gasteiger partial charge is 0.477 e. The van der Waals surface area contributed by atoms with Gasteiger partial charge in [0.05, 0.1) is 27.6 Å². The number of thiocarbonyl (C=S) groups is 1. The summed E-state index contributed by atoms with van der Waals surface area (Å²) in [6.07, 6.45) is 2.19. The SMILES string of the molecule is C[N+](C)(C)C(CC1=CN[C@H](C=S)N1)C(=O)O. The van der Waals surface area contributed by atoms with Crippen LogP contribution in [0.1, 0.15) is 6.42 Å². The standard InChI is InChI=1S/C10H17N3O2S/c1-13(2,3)8(10(14)15)4-7-5-11-9(6-16)12-7/h5-6,8-9,11-12H,4H2,1-3H3/p+1/t8?,9-/m0/s1. The normalized spacial score (nSPS) is 21.7. The lowest BCUT2D eigenvalue weighted by molar-refractivity contribution is -0.887. The molecular formula is C10H18N3O2S+. The van der Waals surface area contributed by atoms with E-state index in [2.05, 4.69) is 10.6 Å². The summed E-state index contributed by atoms with van der Waals surface area (Å²) >= 11 is 4.80. The molecule has 90 valence electrons. The summed E-state index contributed by atoms with van der Waals surface area (Å²) in [4.78, 5) is 11.2. The summed E-state index contributed by atoms with van der Waals surface area (Å²) in [5, 5.41) is 16.9. The van der Waals surface area contributed by atoms with Crippen LogP contribution in [-0.2, 0) is 4.79 Å². The third kappa shape index (κ3) is 3.18. The van der Waals surface area contributed by atoms with Gasteiger partial charge in [-0.15, -0.1) is 0 Å². The monoisotopic (exact) mass is 244 g/mol. The fourth-order valence-electron chi connectivity index (χ4n) is 1.57. The molecule has 0 aromatic carbocycles. The highest BCUT2D eigenvalue weighted by molar-refractivity contribution is 7.79. The second-order valence-corrected chi connectivity index (χ2v) is 5.04. The fourth-order valence-corrected chi connectivity index (χ4v) is 1.71. The smallest absolute Gasteiger partial charge is 0.362 e. The molecule has 0 spiro atoms. The average Bonchev–Trinajstić information content (AvgIpc) is 2.59. The van der Waals surface area contributed by atoms with Crippen LogP contribution in [0.3, 0.4) is 0 Å². The zero-order chi connectivity index (χ0) is 12.3. The molecule has 1 rings (SSSR count). The summed E-state index contributed by atoms with van der Waals surface area (Å²) in [5.74, 6) is -0.791. The number of carboxylic acids is 1. The number of rotatable bonds is 5. The molecule has 0 aromatic heterocycles. The second-order valence-electron chi connectivity index (χ2n) is 4.77. The Labute approximate surface area is 101 Å². The topological polar surface area (TPSA) is 61.4 Å². The van der Waals surface area contributed by atoms with Gasteiger partial charge in [-0.05, 0) is 0 Å². The molecule has 0 aromatic rings. The van der Waals surface area contributed by atoms with Gasteiger partial charge in [-0.25, -0.2) is 4.79 Å². The summed E-state index contributed by atoms with van der Waals surface area (Å²) in [5.41, 5.74) is 0.881. The lowest BCUT2D eigenvalue weighted by Gasteiger charge is -2.31. The third-order valence-corrected chi connectivity index (χ3v) is 2.82. The lowest BCUT2D eigenvalue weighted by atomic mass is 10.1. The van der Waals surface area contributed by atoms with Crippen LogP contribution < -0.4 is 10.6 Å². The van der Waals surface area contributed by atoms with E-state index < -0.39 is 12.0 Å². The van der Waals surface area contributed by atoms with Crippen LogP contribution in [-0.4, -0.2) is 54.3 Å². The highest BCUT2D eigenvalue weighted by Crippen LogP contribution is 2.14. The van der Waals surface area contributed by atoms with Crippen molar-refractivity contribution in [1.29, 1.82) is 0 Å². The van der Waals surface area contributed by atoms with E-state index in [-0.39, 0.29) is 6.17 Å². The van der Waals surface area contributed by atoms with Gasteiger partial charge in [0.1, 0.15) is 6.17 Å². The van der Waals surface area contributed by atoms with Gasteiger partial charge in [0, 0.05) is 17.3 Å². The molecule has 6 heteroatoms. The number of hydrogen-bond acceptors (Lipinski definition) is 4. The summed E-state index contributed by atoms with van der Waals surface area (Å²) < 4.78 is 0.386. The minimum Gasteiger partial charge on any atom is -0.477 e. The Bertz CT molecular complexity index is 323. The highest BCUT2D eigenvalue weighted by atomic mass is 32.1. The second kappa shape index (κ2) is 4.80. The maximum Gasteiger partial charge on any atom is 0.362 e. The number of nitrogens with one attached hydrogen (secondary N) is 2. The molecule has 0 fully saturated rings. The minimum absolute atomic E-state index is 0.0630. The molecule has 0 amide bonds. The molecule has 1 unspecified atom stereocenters. The number of aliphatic carboxylic acids is 1. The maximum atomic E-state index is 11.2. The Hall–Kier alpha value is -1.14. The van der Waals surface area contributed by atoms with E-state index >= 15 is 0 Å². The van der Waals surface area contributed by atoms with Gasteiger partial charge in [-0.3, -0.25) is 0 Å². The number of hydrogen-bond donors (Lipinski definition) is 3. The summed E-state index contributed by atoms with van der Waals surface area (Å²) in [6, 6.07) is -0.468. The van der Waals surface area contributed by atoms with E-state index in [0.29, 0.717) is 10.9 Å². The molecule has 0 bridgehead atoms. The number of quaternary nitrogens is 1. The number of nitrogens with zero attached hydrogens (tertiary/aromatic N) is 1. The van der Waals surface area contributed by atoms with Crippen molar-refractivity contribution in [2.75, 3.05) is 21.1 Å². The Kier molecular flexibility index (Phi) is 3.88. The molecule has 0 aliphatic carbocycles. The van der Waals surface area contributed by atoms with E-state index in [9.17, 15) is 9.90 Å². The molecule has 5 nitrogen and oxygen atoms in total. The third-order valence-electron chi connectivity index (χ3n) is 2.55. The van der Waals surface area contributed by atoms with Crippen LogP contribution in [0.2, 0.25) is 0 Å². The molecule has 0 radical (unpaired) electrons. The number of carbonyl (C=O) groups is 1. The molecule has 1 aliphatic rings. The van der Waals surface area contributed by atoms with Crippen LogP contribution in [0.15, 0.2) is 11.9 Å². The summed E-state index contributed by atoms with van der Waals surface area (Å²) in [7, 11) is 5.62. The molecule has 2 atom stereocenters. The van der Waals surface area contributed by atoms with Crippen molar-refractivity contribution in [2.45, 2.75) is 18.6 Å². The van der Waals surface area contributed by atoms with E-state index in [1.54, 1.807) is 11.6 Å². The lowest BCUT2D eigenvalue weighted by Crippen LogP contribution is -2.50. The Morgan fingerprint density at radius 1 is 1.69 bits per heavy atom. The zero-order valence-corrected chi connectivity index (χ0v) is 10.5. The van der Waals surface area contributed by atoms with Gasteiger partial charge in [-0.1, -0.05) is 12.2 Å². The van der Waals surface area contributed by atoms with Gasteiger partial charge in [-0.2, -0.15) is 0 Å².